The van der Waals surface area contributed by atoms with Crippen LogP contribution in [0, 0.1) is 0 Å². The normalized spacial score (nSPS) is 16.5. The second kappa shape index (κ2) is 10.5. The minimum absolute atomic E-state index is 0.171. The highest BCUT2D eigenvalue weighted by molar-refractivity contribution is 5.99. The summed E-state index contributed by atoms with van der Waals surface area (Å²) in [7, 11) is 0. The molecule has 2 aromatic carbocycles. The van der Waals surface area contributed by atoms with Crippen molar-refractivity contribution in [1.82, 2.24) is 20.0 Å². The summed E-state index contributed by atoms with van der Waals surface area (Å²) in [6.45, 7) is 1.89. The van der Waals surface area contributed by atoms with Gasteiger partial charge in [0.25, 0.3) is 11.8 Å². The molecule has 0 saturated carbocycles. The fourth-order valence-electron chi connectivity index (χ4n) is 3.93. The van der Waals surface area contributed by atoms with Gasteiger partial charge in [0.1, 0.15) is 6.54 Å². The number of nitrogens with one attached hydrogen (secondary N) is 1. The van der Waals surface area contributed by atoms with Crippen LogP contribution in [0.5, 0.6) is 0 Å². The summed E-state index contributed by atoms with van der Waals surface area (Å²) in [5, 5.41) is 27.5. The quantitative estimate of drug-likeness (QED) is 0.458. The van der Waals surface area contributed by atoms with E-state index in [1.54, 1.807) is 34.8 Å². The van der Waals surface area contributed by atoms with Crippen molar-refractivity contribution < 1.29 is 24.6 Å². The smallest absolute Gasteiger partial charge is 0.255 e. The molecule has 4 rings (SSSR count). The maximum absolute atomic E-state index is 12.7. The summed E-state index contributed by atoms with van der Waals surface area (Å²) >= 11 is 0. The first-order valence-corrected chi connectivity index (χ1v) is 11.3. The van der Waals surface area contributed by atoms with Crippen LogP contribution in [0.3, 0.4) is 0 Å². The van der Waals surface area contributed by atoms with Crippen LogP contribution >= 0.6 is 0 Å². The van der Waals surface area contributed by atoms with Gasteiger partial charge in [-0.1, -0.05) is 30.3 Å². The number of aliphatic hydroxyl groups is 2. The van der Waals surface area contributed by atoms with Gasteiger partial charge in [-0.2, -0.15) is 5.10 Å². The van der Waals surface area contributed by atoms with Gasteiger partial charge in [-0.05, 0) is 42.8 Å². The van der Waals surface area contributed by atoms with Gasteiger partial charge in [-0.3, -0.25) is 14.4 Å². The highest BCUT2D eigenvalue weighted by Gasteiger charge is 2.37. The Morgan fingerprint density at radius 2 is 1.66 bits per heavy atom. The van der Waals surface area contributed by atoms with E-state index >= 15 is 0 Å². The number of nitrogens with zero attached hydrogens (tertiary/aromatic N) is 4. The van der Waals surface area contributed by atoms with Gasteiger partial charge in [-0.15, -0.1) is 0 Å². The summed E-state index contributed by atoms with van der Waals surface area (Å²) in [5.74, 6) is -2.07. The molecular formula is C25H27N5O5. The summed E-state index contributed by atoms with van der Waals surface area (Å²) in [6.07, 6.45) is -0.482. The number of hydrogen-bond acceptors (Lipinski definition) is 6. The molecule has 1 aliphatic rings. The van der Waals surface area contributed by atoms with Crippen LogP contribution in [-0.2, 0) is 14.4 Å². The fraction of sp³-hybridized carbons (Fsp3) is 0.280. The zero-order valence-electron chi connectivity index (χ0n) is 19.2. The third-order valence-electron chi connectivity index (χ3n) is 5.94. The van der Waals surface area contributed by atoms with Gasteiger partial charge in [0.15, 0.2) is 12.2 Å². The molecule has 0 spiro atoms. The lowest BCUT2D eigenvalue weighted by molar-refractivity contribution is -0.155. The number of benzene rings is 2. The van der Waals surface area contributed by atoms with Crippen LogP contribution in [0.2, 0.25) is 0 Å². The highest BCUT2D eigenvalue weighted by atomic mass is 16.3. The van der Waals surface area contributed by atoms with Gasteiger partial charge in [0.05, 0.1) is 11.7 Å². The van der Waals surface area contributed by atoms with E-state index < -0.39 is 30.1 Å². The first-order chi connectivity index (χ1) is 16.8. The van der Waals surface area contributed by atoms with Crippen molar-refractivity contribution in [2.75, 3.05) is 24.5 Å². The Bertz CT molecular complexity index is 1170. The van der Waals surface area contributed by atoms with Crippen molar-refractivity contribution in [3.63, 3.8) is 0 Å². The topological polar surface area (TPSA) is 128 Å². The molecule has 3 aromatic rings. The van der Waals surface area contributed by atoms with E-state index in [1.165, 1.54) is 0 Å². The summed E-state index contributed by atoms with van der Waals surface area (Å²) in [6, 6.07) is 17.7. The summed E-state index contributed by atoms with van der Waals surface area (Å²) in [4.78, 5) is 40.5. The molecule has 10 nitrogen and oxygen atoms in total. The molecule has 0 bridgehead atoms. The number of anilines is 1. The lowest BCUT2D eigenvalue weighted by Crippen LogP contribution is -2.57. The van der Waals surface area contributed by atoms with E-state index in [9.17, 15) is 24.6 Å². The molecule has 0 unspecified atom stereocenters. The van der Waals surface area contributed by atoms with E-state index in [-0.39, 0.29) is 25.5 Å². The Labute approximate surface area is 202 Å². The SMILES string of the molecule is C[C@@H](NC(=O)[C@H](O)[C@@H](O)C(=O)N1CCN(c2ccccc2)C(=O)C1)c1ccc(-n2cccn2)cc1. The molecule has 35 heavy (non-hydrogen) atoms. The Kier molecular flexibility index (Phi) is 7.23. The molecule has 1 aromatic heterocycles. The Morgan fingerprint density at radius 3 is 2.29 bits per heavy atom. The van der Waals surface area contributed by atoms with Crippen LogP contribution < -0.4 is 10.2 Å². The Balaban J connectivity index is 1.32. The van der Waals surface area contributed by atoms with Crippen LogP contribution in [-0.4, -0.2) is 74.5 Å². The summed E-state index contributed by atoms with van der Waals surface area (Å²) in [5.41, 5.74) is 2.33. The van der Waals surface area contributed by atoms with Gasteiger partial charge in [0, 0.05) is 31.2 Å². The van der Waals surface area contributed by atoms with E-state index in [0.29, 0.717) is 0 Å². The van der Waals surface area contributed by atoms with E-state index in [2.05, 4.69) is 10.4 Å². The first kappa shape index (κ1) is 24.1. The molecular weight excluding hydrogens is 450 g/mol. The number of para-hydroxylation sites is 1. The maximum Gasteiger partial charge on any atom is 0.255 e. The molecule has 1 saturated heterocycles. The average Bonchev–Trinajstić information content (AvgIpc) is 3.43. The number of hydrogen-bond donors (Lipinski definition) is 3. The highest BCUT2D eigenvalue weighted by Crippen LogP contribution is 2.18. The van der Waals surface area contributed by atoms with Crippen molar-refractivity contribution in [3.8, 4) is 5.69 Å². The second-order valence-electron chi connectivity index (χ2n) is 8.30. The lowest BCUT2D eigenvalue weighted by atomic mass is 10.1. The largest absolute Gasteiger partial charge is 0.380 e. The van der Waals surface area contributed by atoms with Gasteiger partial charge < -0.3 is 25.3 Å². The monoisotopic (exact) mass is 477 g/mol. The number of rotatable bonds is 7. The van der Waals surface area contributed by atoms with Crippen molar-refractivity contribution in [3.05, 3.63) is 78.6 Å². The zero-order valence-corrected chi connectivity index (χ0v) is 19.2. The minimum atomic E-state index is -1.99. The molecule has 3 N–H and O–H groups in total. The van der Waals surface area contributed by atoms with Crippen LogP contribution in [0.15, 0.2) is 73.1 Å². The number of aliphatic hydroxyl groups excluding tert-OH is 2. The number of amides is 3. The average molecular weight is 478 g/mol. The third kappa shape index (κ3) is 5.39. The lowest BCUT2D eigenvalue weighted by Gasteiger charge is -2.35. The predicted octanol–water partition coefficient (Wildman–Crippen LogP) is 0.647. The zero-order chi connectivity index (χ0) is 24.9. The molecule has 182 valence electrons. The number of piperazine rings is 1. The molecule has 1 fully saturated rings. The van der Waals surface area contributed by atoms with Crippen molar-refractivity contribution in [1.29, 1.82) is 0 Å². The molecule has 3 atom stereocenters. The molecule has 1 aliphatic heterocycles. The van der Waals surface area contributed by atoms with Gasteiger partial charge >= 0.3 is 0 Å². The fourth-order valence-corrected chi connectivity index (χ4v) is 3.93. The van der Waals surface area contributed by atoms with E-state index in [4.69, 9.17) is 0 Å². The number of aromatic nitrogens is 2. The Hall–Kier alpha value is -4.02. The second-order valence-corrected chi connectivity index (χ2v) is 8.30. The van der Waals surface area contributed by atoms with Crippen molar-refractivity contribution in [2.24, 2.45) is 0 Å². The molecule has 2 heterocycles. The molecule has 0 aliphatic carbocycles. The van der Waals surface area contributed by atoms with Crippen LogP contribution in [0.4, 0.5) is 5.69 Å². The molecule has 3 amide bonds. The Morgan fingerprint density at radius 1 is 0.943 bits per heavy atom. The first-order valence-electron chi connectivity index (χ1n) is 11.3. The summed E-state index contributed by atoms with van der Waals surface area (Å²) < 4.78 is 1.70. The van der Waals surface area contributed by atoms with Crippen LogP contribution in [0.1, 0.15) is 18.5 Å². The van der Waals surface area contributed by atoms with E-state index in [1.807, 2.05) is 54.7 Å². The van der Waals surface area contributed by atoms with Crippen molar-refractivity contribution in [2.45, 2.75) is 25.2 Å². The minimum Gasteiger partial charge on any atom is -0.380 e. The van der Waals surface area contributed by atoms with E-state index in [0.717, 1.165) is 21.8 Å². The molecule has 10 heteroatoms. The number of carbonyl (C=O) groups is 3. The van der Waals surface area contributed by atoms with Crippen LogP contribution in [0.25, 0.3) is 5.69 Å². The van der Waals surface area contributed by atoms with Crippen molar-refractivity contribution >= 4 is 23.4 Å². The third-order valence-corrected chi connectivity index (χ3v) is 5.94. The number of carbonyl (C=O) groups excluding carboxylic acids is 3. The molecule has 0 radical (unpaired) electrons. The van der Waals surface area contributed by atoms with Gasteiger partial charge in [-0.25, -0.2) is 4.68 Å². The van der Waals surface area contributed by atoms with Gasteiger partial charge in [0.2, 0.25) is 5.91 Å². The standard InChI is InChI=1S/C25H27N5O5/c1-17(18-8-10-20(11-9-18)30-13-5-12-26-30)27-24(34)22(32)23(33)25(35)28-14-15-29(21(31)16-28)19-6-3-2-4-7-19/h2-13,17,22-23,32-33H,14-16H2,1H3,(H,27,34)/t17-,22-,23-/m1/s1. The maximum atomic E-state index is 12.7. The predicted molar refractivity (Wildman–Crippen MR) is 128 cm³/mol.